The van der Waals surface area contributed by atoms with E-state index < -0.39 is 0 Å². The first-order chi connectivity index (χ1) is 14.0. The van der Waals surface area contributed by atoms with Gasteiger partial charge in [-0.3, -0.25) is 9.59 Å². The Labute approximate surface area is 182 Å². The number of carbonyl (C=O) groups is 2. The van der Waals surface area contributed by atoms with Gasteiger partial charge in [0, 0.05) is 21.6 Å². The molecule has 0 heterocycles. The van der Waals surface area contributed by atoms with Crippen molar-refractivity contribution in [1.82, 2.24) is 10.6 Å². The zero-order chi connectivity index (χ0) is 20.6. The molecule has 6 heteroatoms. The Kier molecular flexibility index (Phi) is 7.22. The van der Waals surface area contributed by atoms with Crippen LogP contribution in [0.25, 0.3) is 6.08 Å². The van der Waals surface area contributed by atoms with Gasteiger partial charge in [-0.15, -0.1) is 0 Å². The molecule has 3 rings (SSSR count). The topological polar surface area (TPSA) is 58.2 Å². The Morgan fingerprint density at radius 2 is 1.55 bits per heavy atom. The number of halogens is 2. The highest BCUT2D eigenvalue weighted by atomic mass is 79.9. The van der Waals surface area contributed by atoms with Gasteiger partial charge < -0.3 is 10.6 Å². The Morgan fingerprint density at radius 1 is 0.897 bits per heavy atom. The van der Waals surface area contributed by atoms with E-state index in [1.165, 1.54) is 0 Å². The van der Waals surface area contributed by atoms with E-state index >= 15 is 0 Å². The van der Waals surface area contributed by atoms with Gasteiger partial charge in [-0.1, -0.05) is 70.0 Å². The summed E-state index contributed by atoms with van der Waals surface area (Å²) in [6.45, 7) is 0.353. The molecule has 3 aromatic carbocycles. The average Bonchev–Trinajstić information content (AvgIpc) is 2.74. The van der Waals surface area contributed by atoms with Crippen molar-refractivity contribution in [2.45, 2.75) is 6.54 Å². The van der Waals surface area contributed by atoms with Crippen LogP contribution in [0.3, 0.4) is 0 Å². The lowest BCUT2D eigenvalue weighted by atomic mass is 10.1. The molecule has 146 valence electrons. The molecule has 0 bridgehead atoms. The highest BCUT2D eigenvalue weighted by molar-refractivity contribution is 9.10. The summed E-state index contributed by atoms with van der Waals surface area (Å²) in [5.74, 6) is -0.748. The zero-order valence-electron chi connectivity index (χ0n) is 15.4. The summed E-state index contributed by atoms with van der Waals surface area (Å²) in [6.07, 6.45) is 1.62. The molecular formula is C23H18BrClN2O2. The summed E-state index contributed by atoms with van der Waals surface area (Å²) in [4.78, 5) is 25.4. The predicted molar refractivity (Wildman–Crippen MR) is 119 cm³/mol. The lowest BCUT2D eigenvalue weighted by Gasteiger charge is -2.11. The summed E-state index contributed by atoms with van der Waals surface area (Å²) < 4.78 is 0.867. The van der Waals surface area contributed by atoms with Crippen molar-refractivity contribution in [3.05, 3.63) is 111 Å². The first-order valence-electron chi connectivity index (χ1n) is 8.87. The lowest BCUT2D eigenvalue weighted by Crippen LogP contribution is -2.34. The maximum absolute atomic E-state index is 12.8. The monoisotopic (exact) mass is 468 g/mol. The van der Waals surface area contributed by atoms with Gasteiger partial charge in [0.05, 0.1) is 0 Å². The molecule has 0 saturated heterocycles. The van der Waals surface area contributed by atoms with Crippen LogP contribution >= 0.6 is 27.5 Å². The molecule has 2 N–H and O–H groups in total. The minimum atomic E-state index is -0.380. The van der Waals surface area contributed by atoms with Gasteiger partial charge >= 0.3 is 0 Å². The molecule has 0 saturated carbocycles. The Morgan fingerprint density at radius 3 is 2.21 bits per heavy atom. The van der Waals surface area contributed by atoms with Crippen LogP contribution in [0.15, 0.2) is 89.0 Å². The third kappa shape index (κ3) is 6.31. The minimum absolute atomic E-state index is 0.149. The number of carbonyl (C=O) groups excluding carboxylic acids is 2. The predicted octanol–water partition coefficient (Wildman–Crippen LogP) is 5.19. The molecule has 0 atom stereocenters. The van der Waals surface area contributed by atoms with Crippen LogP contribution in [0.5, 0.6) is 0 Å². The molecule has 2 amide bonds. The Balaban J connectivity index is 1.80. The second-order valence-corrected chi connectivity index (χ2v) is 7.59. The number of amides is 2. The first-order valence-corrected chi connectivity index (χ1v) is 10.0. The van der Waals surface area contributed by atoms with Crippen LogP contribution in [0.4, 0.5) is 0 Å². The molecule has 0 radical (unpaired) electrons. The quantitative estimate of drug-likeness (QED) is 0.488. The minimum Gasteiger partial charge on any atom is -0.347 e. The van der Waals surface area contributed by atoms with Crippen LogP contribution in [-0.2, 0) is 11.3 Å². The van der Waals surface area contributed by atoms with E-state index in [2.05, 4.69) is 26.6 Å². The lowest BCUT2D eigenvalue weighted by molar-refractivity contribution is -0.117. The molecule has 0 unspecified atom stereocenters. The number of nitrogens with one attached hydrogen (secondary N) is 2. The average molecular weight is 470 g/mol. The van der Waals surface area contributed by atoms with E-state index in [-0.39, 0.29) is 17.5 Å². The largest absolute Gasteiger partial charge is 0.347 e. The standard InChI is InChI=1S/C23H18BrClN2O2/c24-19-10-8-18(9-11-19)22(28)27-21(14-16-6-12-20(25)13-7-16)23(29)26-15-17-4-2-1-3-5-17/h1-14H,15H2,(H,26,29)(H,27,28)/b21-14-. The summed E-state index contributed by atoms with van der Waals surface area (Å²) in [5, 5.41) is 6.15. The van der Waals surface area contributed by atoms with E-state index in [1.54, 1.807) is 54.6 Å². The molecule has 0 spiro atoms. The second kappa shape index (κ2) is 10.0. The van der Waals surface area contributed by atoms with Crippen LogP contribution in [-0.4, -0.2) is 11.8 Å². The number of hydrogen-bond donors (Lipinski definition) is 2. The van der Waals surface area contributed by atoms with Crippen LogP contribution in [0.2, 0.25) is 5.02 Å². The normalized spacial score (nSPS) is 11.0. The van der Waals surface area contributed by atoms with Gasteiger partial charge in [0.25, 0.3) is 11.8 Å². The van der Waals surface area contributed by atoms with Crippen molar-refractivity contribution in [3.63, 3.8) is 0 Å². The maximum atomic E-state index is 12.8. The van der Waals surface area contributed by atoms with Gasteiger partial charge in [-0.05, 0) is 53.6 Å². The van der Waals surface area contributed by atoms with E-state index in [9.17, 15) is 9.59 Å². The van der Waals surface area contributed by atoms with Gasteiger partial charge in [-0.2, -0.15) is 0 Å². The number of rotatable bonds is 6. The fourth-order valence-corrected chi connectivity index (χ4v) is 2.94. The van der Waals surface area contributed by atoms with E-state index in [1.807, 2.05) is 30.3 Å². The van der Waals surface area contributed by atoms with E-state index in [0.29, 0.717) is 17.1 Å². The molecule has 3 aromatic rings. The highest BCUT2D eigenvalue weighted by Crippen LogP contribution is 2.14. The fourth-order valence-electron chi connectivity index (χ4n) is 2.55. The second-order valence-electron chi connectivity index (χ2n) is 6.24. The van der Waals surface area contributed by atoms with Crippen molar-refractivity contribution in [2.24, 2.45) is 0 Å². The highest BCUT2D eigenvalue weighted by Gasteiger charge is 2.14. The van der Waals surface area contributed by atoms with E-state index in [0.717, 1.165) is 15.6 Å². The third-order valence-electron chi connectivity index (χ3n) is 4.08. The van der Waals surface area contributed by atoms with Crippen LogP contribution in [0.1, 0.15) is 21.5 Å². The molecule has 0 aliphatic carbocycles. The first kappa shape index (κ1) is 20.8. The van der Waals surface area contributed by atoms with Gasteiger partial charge in [0.1, 0.15) is 5.70 Å². The van der Waals surface area contributed by atoms with Gasteiger partial charge in [0.15, 0.2) is 0 Å². The molecular weight excluding hydrogens is 452 g/mol. The Bertz CT molecular complexity index is 1020. The smallest absolute Gasteiger partial charge is 0.268 e. The molecule has 29 heavy (non-hydrogen) atoms. The summed E-state index contributed by atoms with van der Waals surface area (Å²) in [7, 11) is 0. The van der Waals surface area contributed by atoms with Crippen molar-refractivity contribution in [2.75, 3.05) is 0 Å². The maximum Gasteiger partial charge on any atom is 0.268 e. The summed E-state index contributed by atoms with van der Waals surface area (Å²) in [5.41, 5.74) is 2.31. The number of hydrogen-bond acceptors (Lipinski definition) is 2. The van der Waals surface area contributed by atoms with Crippen LogP contribution in [0, 0.1) is 0 Å². The SMILES string of the molecule is O=C(NCc1ccccc1)/C(=C/c1ccc(Cl)cc1)NC(=O)c1ccc(Br)cc1. The fraction of sp³-hybridized carbons (Fsp3) is 0.0435. The third-order valence-corrected chi connectivity index (χ3v) is 4.86. The zero-order valence-corrected chi connectivity index (χ0v) is 17.7. The molecule has 0 aliphatic rings. The Hall–Kier alpha value is -2.89. The van der Waals surface area contributed by atoms with Crippen molar-refractivity contribution in [1.29, 1.82) is 0 Å². The van der Waals surface area contributed by atoms with Crippen molar-refractivity contribution >= 4 is 45.4 Å². The molecule has 0 fully saturated rings. The van der Waals surface area contributed by atoms with Crippen molar-refractivity contribution < 1.29 is 9.59 Å². The summed E-state index contributed by atoms with van der Waals surface area (Å²) in [6, 6.07) is 23.5. The molecule has 0 aliphatic heterocycles. The van der Waals surface area contributed by atoms with Gasteiger partial charge in [0.2, 0.25) is 0 Å². The summed E-state index contributed by atoms with van der Waals surface area (Å²) >= 11 is 9.28. The van der Waals surface area contributed by atoms with E-state index in [4.69, 9.17) is 11.6 Å². The number of benzene rings is 3. The van der Waals surface area contributed by atoms with Crippen molar-refractivity contribution in [3.8, 4) is 0 Å². The molecule has 0 aromatic heterocycles. The van der Waals surface area contributed by atoms with Crippen LogP contribution < -0.4 is 10.6 Å². The molecule has 4 nitrogen and oxygen atoms in total. The van der Waals surface area contributed by atoms with Gasteiger partial charge in [-0.25, -0.2) is 0 Å².